The summed E-state index contributed by atoms with van der Waals surface area (Å²) in [7, 11) is -2.51. The molecule has 0 radical (unpaired) electrons. The number of rotatable bonds is 6. The zero-order valence-electron chi connectivity index (χ0n) is 11.2. The summed E-state index contributed by atoms with van der Waals surface area (Å²) >= 11 is 0. The van der Waals surface area contributed by atoms with Crippen molar-refractivity contribution in [3.8, 4) is 0 Å². The van der Waals surface area contributed by atoms with E-state index in [4.69, 9.17) is 0 Å². The number of esters is 1. The molecule has 20 heavy (non-hydrogen) atoms. The third-order valence-electron chi connectivity index (χ3n) is 2.33. The van der Waals surface area contributed by atoms with E-state index in [9.17, 15) is 18.0 Å². The number of amides is 1. The maximum absolute atomic E-state index is 11.7. The number of anilines is 1. The van der Waals surface area contributed by atoms with Gasteiger partial charge in [0.2, 0.25) is 5.91 Å². The van der Waals surface area contributed by atoms with Crippen molar-refractivity contribution in [3.05, 3.63) is 24.3 Å². The molecule has 0 aliphatic carbocycles. The van der Waals surface area contributed by atoms with Gasteiger partial charge in [0.15, 0.2) is 0 Å². The number of carbonyl (C=O) groups excluding carboxylic acids is 2. The summed E-state index contributed by atoms with van der Waals surface area (Å²) in [6.07, 6.45) is 0.211. The number of hydrogen-bond acceptors (Lipinski definition) is 6. The number of ether oxygens (including phenoxy) is 1. The van der Waals surface area contributed by atoms with Crippen molar-refractivity contribution in [2.45, 2.75) is 18.2 Å². The van der Waals surface area contributed by atoms with E-state index in [0.717, 1.165) is 6.92 Å². The van der Waals surface area contributed by atoms with Gasteiger partial charge in [0.1, 0.15) is 0 Å². The smallest absolute Gasteiger partial charge is 0.307 e. The van der Waals surface area contributed by atoms with Crippen LogP contribution in [0.4, 0.5) is 5.69 Å². The van der Waals surface area contributed by atoms with Crippen LogP contribution in [0.15, 0.2) is 29.2 Å². The van der Waals surface area contributed by atoms with Gasteiger partial charge in [-0.25, -0.2) is 13.1 Å². The van der Waals surface area contributed by atoms with Crippen molar-refractivity contribution in [2.24, 2.45) is 0 Å². The average molecular weight is 300 g/mol. The first-order valence-corrected chi connectivity index (χ1v) is 7.27. The molecule has 1 aromatic rings. The molecule has 1 amide bonds. The lowest BCUT2D eigenvalue weighted by atomic mass is 10.3. The maximum atomic E-state index is 11.7. The maximum Gasteiger partial charge on any atom is 0.307 e. The van der Waals surface area contributed by atoms with Gasteiger partial charge in [0, 0.05) is 19.2 Å². The molecule has 7 nitrogen and oxygen atoms in total. The van der Waals surface area contributed by atoms with Gasteiger partial charge in [0.25, 0.3) is 10.0 Å². The molecule has 0 saturated carbocycles. The van der Waals surface area contributed by atoms with Crippen molar-refractivity contribution in [1.82, 2.24) is 4.72 Å². The highest BCUT2D eigenvalue weighted by Crippen LogP contribution is 2.13. The van der Waals surface area contributed by atoms with Gasteiger partial charge < -0.3 is 10.1 Å². The first-order valence-electron chi connectivity index (χ1n) is 5.79. The van der Waals surface area contributed by atoms with Crippen LogP contribution in [-0.2, 0) is 24.3 Å². The Kier molecular flexibility index (Phi) is 5.51. The Morgan fingerprint density at radius 3 is 2.30 bits per heavy atom. The molecule has 0 bridgehead atoms. The monoisotopic (exact) mass is 300 g/mol. The summed E-state index contributed by atoms with van der Waals surface area (Å²) in [6.45, 7) is 1.50. The zero-order valence-corrected chi connectivity index (χ0v) is 12.0. The number of hydrogen-bond donors (Lipinski definition) is 2. The van der Waals surface area contributed by atoms with Crippen LogP contribution >= 0.6 is 0 Å². The van der Waals surface area contributed by atoms with Crippen LogP contribution in [0.5, 0.6) is 0 Å². The number of nitrogens with one attached hydrogen (secondary N) is 2. The molecule has 1 aromatic carbocycles. The number of sulfonamides is 1. The van der Waals surface area contributed by atoms with Gasteiger partial charge in [-0.05, 0) is 24.3 Å². The fraction of sp³-hybridized carbons (Fsp3) is 0.333. The van der Waals surface area contributed by atoms with Crippen molar-refractivity contribution >= 4 is 27.6 Å². The molecule has 1 rings (SSSR count). The third-order valence-corrected chi connectivity index (χ3v) is 3.78. The Morgan fingerprint density at radius 2 is 1.80 bits per heavy atom. The molecule has 0 aliphatic heterocycles. The normalized spacial score (nSPS) is 10.7. The van der Waals surface area contributed by atoms with E-state index in [2.05, 4.69) is 10.1 Å². The van der Waals surface area contributed by atoms with Crippen molar-refractivity contribution in [1.29, 1.82) is 0 Å². The second-order valence-electron chi connectivity index (χ2n) is 3.94. The molecule has 0 saturated heterocycles. The predicted molar refractivity (Wildman–Crippen MR) is 72.6 cm³/mol. The second-order valence-corrected chi connectivity index (χ2v) is 5.62. The molecule has 110 valence electrons. The first kappa shape index (κ1) is 16.0. The molecule has 0 aliphatic rings. The van der Waals surface area contributed by atoms with Gasteiger partial charge in [0.05, 0.1) is 18.4 Å². The number of benzene rings is 1. The van der Waals surface area contributed by atoms with E-state index >= 15 is 0 Å². The lowest BCUT2D eigenvalue weighted by Gasteiger charge is -2.08. The minimum absolute atomic E-state index is 0.00813. The van der Waals surface area contributed by atoms with E-state index in [1.807, 2.05) is 4.72 Å². The highest BCUT2D eigenvalue weighted by molar-refractivity contribution is 7.90. The van der Waals surface area contributed by atoms with Crippen LogP contribution in [0.3, 0.4) is 0 Å². The summed E-state index contributed by atoms with van der Waals surface area (Å²) in [5.74, 6) is -0.979. The molecular formula is C12H16N2O5S. The van der Waals surface area contributed by atoms with E-state index in [1.54, 1.807) is 12.1 Å². The molecule has 0 aromatic heterocycles. The average Bonchev–Trinajstić information content (AvgIpc) is 2.37. The predicted octanol–water partition coefficient (Wildman–Crippen LogP) is 0.486. The summed E-state index contributed by atoms with van der Waals surface area (Å²) in [5.41, 5.74) is 0.663. The first-order chi connectivity index (χ1) is 9.35. The topological polar surface area (TPSA) is 102 Å². The molecule has 0 atom stereocenters. The highest BCUT2D eigenvalue weighted by atomic mass is 32.2. The van der Waals surface area contributed by atoms with Gasteiger partial charge in [-0.2, -0.15) is 0 Å². The quantitative estimate of drug-likeness (QED) is 0.741. The van der Waals surface area contributed by atoms with Gasteiger partial charge >= 0.3 is 5.97 Å². The highest BCUT2D eigenvalue weighted by Gasteiger charge is 2.14. The van der Waals surface area contributed by atoms with Crippen LogP contribution in [0.1, 0.15) is 13.3 Å². The van der Waals surface area contributed by atoms with Crippen LogP contribution in [0, 0.1) is 0 Å². The van der Waals surface area contributed by atoms with Crippen LogP contribution in [-0.4, -0.2) is 33.9 Å². The van der Waals surface area contributed by atoms with Crippen LogP contribution < -0.4 is 10.0 Å². The molecule has 2 N–H and O–H groups in total. The molecule has 0 spiro atoms. The fourth-order valence-corrected chi connectivity index (χ4v) is 2.40. The van der Waals surface area contributed by atoms with E-state index in [1.165, 1.54) is 19.2 Å². The van der Waals surface area contributed by atoms with Crippen molar-refractivity contribution < 1.29 is 22.7 Å². The third kappa shape index (κ3) is 4.88. The minimum atomic E-state index is -3.82. The van der Waals surface area contributed by atoms with E-state index in [0.29, 0.717) is 12.2 Å². The van der Waals surface area contributed by atoms with E-state index in [-0.39, 0.29) is 17.3 Å². The molecule has 0 unspecified atom stereocenters. The molecule has 0 fully saturated rings. The standard InChI is InChI=1S/C12H16N2O5S/c1-9(15)14-20(17,18)11-5-3-10(4-6-11)13-8-7-12(16)19-2/h3-6,13H,7-8H2,1-2H3,(H,14,15). The van der Waals surface area contributed by atoms with Gasteiger partial charge in [-0.15, -0.1) is 0 Å². The number of carbonyl (C=O) groups is 2. The minimum Gasteiger partial charge on any atom is -0.469 e. The summed E-state index contributed by atoms with van der Waals surface area (Å²) < 4.78 is 29.7. The van der Waals surface area contributed by atoms with Crippen LogP contribution in [0.2, 0.25) is 0 Å². The lowest BCUT2D eigenvalue weighted by Crippen LogP contribution is -2.28. The van der Waals surface area contributed by atoms with Crippen molar-refractivity contribution in [2.75, 3.05) is 19.0 Å². The largest absolute Gasteiger partial charge is 0.469 e. The Hall–Kier alpha value is -2.09. The molecular weight excluding hydrogens is 284 g/mol. The Labute approximate surface area is 117 Å². The van der Waals surface area contributed by atoms with Crippen molar-refractivity contribution in [3.63, 3.8) is 0 Å². The van der Waals surface area contributed by atoms with Crippen LogP contribution in [0.25, 0.3) is 0 Å². The zero-order chi connectivity index (χ0) is 15.2. The summed E-state index contributed by atoms with van der Waals surface area (Å²) in [4.78, 5) is 21.7. The van der Waals surface area contributed by atoms with Gasteiger partial charge in [-0.3, -0.25) is 9.59 Å². The second kappa shape index (κ2) is 6.90. The number of methoxy groups -OCH3 is 1. The Morgan fingerprint density at radius 1 is 1.20 bits per heavy atom. The summed E-state index contributed by atoms with van der Waals surface area (Å²) in [6, 6.07) is 5.83. The Balaban J connectivity index is 2.65. The van der Waals surface area contributed by atoms with E-state index < -0.39 is 15.9 Å². The molecule has 8 heteroatoms. The fourth-order valence-electron chi connectivity index (χ4n) is 1.41. The summed E-state index contributed by atoms with van der Waals surface area (Å²) in [5, 5.41) is 2.95. The van der Waals surface area contributed by atoms with Gasteiger partial charge in [-0.1, -0.05) is 0 Å². The SMILES string of the molecule is COC(=O)CCNc1ccc(S(=O)(=O)NC(C)=O)cc1. The molecule has 0 heterocycles. The Bertz CT molecular complexity index is 580. The lowest BCUT2D eigenvalue weighted by molar-refractivity contribution is -0.140.